The van der Waals surface area contributed by atoms with E-state index in [2.05, 4.69) is 13.5 Å². The van der Waals surface area contributed by atoms with Gasteiger partial charge in [0, 0.05) is 5.57 Å². The summed E-state index contributed by atoms with van der Waals surface area (Å²) in [5, 5.41) is 0. The molecule has 80 valence electrons. The van der Waals surface area contributed by atoms with Crippen LogP contribution in [-0.4, -0.2) is 25.3 Å². The van der Waals surface area contributed by atoms with E-state index < -0.39 is 0 Å². The maximum Gasteiger partial charge on any atom is 0.333 e. The number of ether oxygens (including phenoxy) is 2. The van der Waals surface area contributed by atoms with Gasteiger partial charge in [-0.15, -0.1) is 0 Å². The average Bonchev–Trinajstić information content (AvgIpc) is 2.02. The second-order valence-corrected chi connectivity index (χ2v) is 4.04. The number of hydrogen-bond acceptors (Lipinski definition) is 3. The van der Waals surface area contributed by atoms with Crippen LogP contribution in [-0.2, 0) is 14.3 Å². The number of rotatable bonds is 4. The van der Waals surface area contributed by atoms with Gasteiger partial charge >= 0.3 is 5.97 Å². The number of esters is 1. The summed E-state index contributed by atoms with van der Waals surface area (Å²) in [7, 11) is 0. The predicted octanol–water partition coefficient (Wildman–Crippen LogP) is 1.92. The van der Waals surface area contributed by atoms with Gasteiger partial charge in [0.1, 0.15) is 6.10 Å². The van der Waals surface area contributed by atoms with Gasteiger partial charge in [-0.25, -0.2) is 4.79 Å². The molecule has 0 amide bonds. The predicted molar refractivity (Wildman–Crippen MR) is 53.9 cm³/mol. The number of carbonyl (C=O) groups is 1. The van der Waals surface area contributed by atoms with E-state index in [1.165, 1.54) is 0 Å². The Morgan fingerprint density at radius 3 is 2.50 bits per heavy atom. The molecule has 0 saturated carbocycles. The Bertz CT molecular complexity index is 235. The summed E-state index contributed by atoms with van der Waals surface area (Å²) in [4.78, 5) is 11.3. The van der Waals surface area contributed by atoms with Gasteiger partial charge in [0.15, 0.2) is 0 Å². The van der Waals surface area contributed by atoms with Crippen molar-refractivity contribution in [1.29, 1.82) is 0 Å². The lowest BCUT2D eigenvalue weighted by Gasteiger charge is -2.44. The van der Waals surface area contributed by atoms with Crippen LogP contribution in [0.1, 0.15) is 27.2 Å². The average molecular weight is 198 g/mol. The molecular weight excluding hydrogens is 180 g/mol. The quantitative estimate of drug-likeness (QED) is 0.511. The van der Waals surface area contributed by atoms with E-state index in [1.54, 1.807) is 6.92 Å². The van der Waals surface area contributed by atoms with Gasteiger partial charge < -0.3 is 9.47 Å². The van der Waals surface area contributed by atoms with E-state index in [-0.39, 0.29) is 17.5 Å². The molecule has 1 heterocycles. The summed E-state index contributed by atoms with van der Waals surface area (Å²) >= 11 is 0. The molecule has 1 unspecified atom stereocenters. The van der Waals surface area contributed by atoms with Crippen LogP contribution in [0.3, 0.4) is 0 Å². The molecule has 1 saturated heterocycles. The molecule has 0 aromatic carbocycles. The Labute approximate surface area is 85.1 Å². The Morgan fingerprint density at radius 2 is 2.21 bits per heavy atom. The largest absolute Gasteiger partial charge is 0.459 e. The molecule has 0 aromatic heterocycles. The van der Waals surface area contributed by atoms with Crippen LogP contribution in [0.5, 0.6) is 0 Å². The van der Waals surface area contributed by atoms with Crippen LogP contribution in [0.4, 0.5) is 0 Å². The molecule has 3 heteroatoms. The fraction of sp³-hybridized carbons (Fsp3) is 0.727. The van der Waals surface area contributed by atoms with Gasteiger partial charge in [0.2, 0.25) is 0 Å². The molecule has 0 aromatic rings. The lowest BCUT2D eigenvalue weighted by Crippen LogP contribution is -2.51. The van der Waals surface area contributed by atoms with E-state index in [0.29, 0.717) is 18.8 Å². The smallest absolute Gasteiger partial charge is 0.333 e. The van der Waals surface area contributed by atoms with Crippen molar-refractivity contribution in [3.8, 4) is 0 Å². The Balaban J connectivity index is 2.52. The fourth-order valence-corrected chi connectivity index (χ4v) is 1.48. The second kappa shape index (κ2) is 4.13. The summed E-state index contributed by atoms with van der Waals surface area (Å²) in [6.07, 6.45) is 0.878. The molecule has 1 fully saturated rings. The highest BCUT2D eigenvalue weighted by atomic mass is 16.6. The van der Waals surface area contributed by atoms with Gasteiger partial charge in [-0.1, -0.05) is 13.5 Å². The van der Waals surface area contributed by atoms with Crippen LogP contribution in [0.25, 0.3) is 0 Å². The lowest BCUT2D eigenvalue weighted by atomic mass is 9.78. The van der Waals surface area contributed by atoms with Gasteiger partial charge in [-0.05, 0) is 20.3 Å². The van der Waals surface area contributed by atoms with E-state index >= 15 is 0 Å². The van der Waals surface area contributed by atoms with Crippen LogP contribution >= 0.6 is 0 Å². The third kappa shape index (κ3) is 1.98. The maximum atomic E-state index is 11.3. The molecule has 0 radical (unpaired) electrons. The second-order valence-electron chi connectivity index (χ2n) is 4.04. The molecule has 0 bridgehead atoms. The van der Waals surface area contributed by atoms with Crippen molar-refractivity contribution >= 4 is 5.97 Å². The van der Waals surface area contributed by atoms with E-state index in [4.69, 9.17) is 9.47 Å². The number of carbonyl (C=O) groups excluding carboxylic acids is 1. The summed E-state index contributed by atoms with van der Waals surface area (Å²) in [6.45, 7) is 10.6. The molecule has 1 aliphatic heterocycles. The zero-order valence-electron chi connectivity index (χ0n) is 9.13. The first-order chi connectivity index (χ1) is 6.52. The lowest BCUT2D eigenvalue weighted by molar-refractivity contribution is -0.190. The molecule has 1 atom stereocenters. The van der Waals surface area contributed by atoms with Crippen molar-refractivity contribution in [2.45, 2.75) is 33.3 Å². The third-order valence-electron chi connectivity index (χ3n) is 2.98. The highest BCUT2D eigenvalue weighted by molar-refractivity contribution is 5.87. The van der Waals surface area contributed by atoms with Crippen molar-refractivity contribution < 1.29 is 14.3 Å². The van der Waals surface area contributed by atoms with Gasteiger partial charge in [0.25, 0.3) is 0 Å². The standard InChI is InChI=1S/C11H18O3/c1-5-11(6-13-7-11)9(4)14-10(12)8(2)3/h9H,2,5-7H2,1,3-4H3. The topological polar surface area (TPSA) is 35.5 Å². The van der Waals surface area contributed by atoms with E-state index in [1.807, 2.05) is 6.92 Å². The molecular formula is C11H18O3. The van der Waals surface area contributed by atoms with Crippen molar-refractivity contribution in [3.05, 3.63) is 12.2 Å². The highest BCUT2D eigenvalue weighted by Gasteiger charge is 2.44. The highest BCUT2D eigenvalue weighted by Crippen LogP contribution is 2.36. The molecule has 0 N–H and O–H groups in total. The minimum atomic E-state index is -0.308. The molecule has 1 rings (SSSR count). The number of hydrogen-bond donors (Lipinski definition) is 0. The van der Waals surface area contributed by atoms with Gasteiger partial charge in [-0.2, -0.15) is 0 Å². The van der Waals surface area contributed by atoms with E-state index in [0.717, 1.165) is 6.42 Å². The zero-order valence-corrected chi connectivity index (χ0v) is 9.13. The third-order valence-corrected chi connectivity index (χ3v) is 2.98. The summed E-state index contributed by atoms with van der Waals surface area (Å²) < 4.78 is 10.5. The molecule has 14 heavy (non-hydrogen) atoms. The summed E-state index contributed by atoms with van der Waals surface area (Å²) in [5.74, 6) is -0.308. The van der Waals surface area contributed by atoms with Crippen molar-refractivity contribution in [2.24, 2.45) is 5.41 Å². The first-order valence-electron chi connectivity index (χ1n) is 4.96. The maximum absolute atomic E-state index is 11.3. The summed E-state index contributed by atoms with van der Waals surface area (Å²) in [6, 6.07) is 0. The first kappa shape index (κ1) is 11.2. The molecule has 0 aliphatic carbocycles. The molecule has 1 aliphatic rings. The minimum Gasteiger partial charge on any atom is -0.459 e. The Morgan fingerprint density at radius 1 is 1.64 bits per heavy atom. The Hall–Kier alpha value is -0.830. The van der Waals surface area contributed by atoms with Crippen molar-refractivity contribution in [3.63, 3.8) is 0 Å². The summed E-state index contributed by atoms with van der Waals surface area (Å²) in [5.41, 5.74) is 0.480. The van der Waals surface area contributed by atoms with Gasteiger partial charge in [0.05, 0.1) is 18.6 Å². The molecule has 3 nitrogen and oxygen atoms in total. The van der Waals surface area contributed by atoms with Crippen LogP contribution in [0.15, 0.2) is 12.2 Å². The normalized spacial score (nSPS) is 20.8. The van der Waals surface area contributed by atoms with E-state index in [9.17, 15) is 4.79 Å². The molecule has 0 spiro atoms. The van der Waals surface area contributed by atoms with Crippen molar-refractivity contribution in [1.82, 2.24) is 0 Å². The van der Waals surface area contributed by atoms with Crippen LogP contribution in [0.2, 0.25) is 0 Å². The monoisotopic (exact) mass is 198 g/mol. The van der Waals surface area contributed by atoms with Crippen LogP contribution < -0.4 is 0 Å². The Kier molecular flexibility index (Phi) is 3.32. The zero-order chi connectivity index (χ0) is 10.8. The van der Waals surface area contributed by atoms with Crippen molar-refractivity contribution in [2.75, 3.05) is 13.2 Å². The minimum absolute atomic E-state index is 0.0328. The van der Waals surface area contributed by atoms with Crippen LogP contribution in [0, 0.1) is 5.41 Å². The fourth-order valence-electron chi connectivity index (χ4n) is 1.48. The van der Waals surface area contributed by atoms with Gasteiger partial charge in [-0.3, -0.25) is 0 Å². The first-order valence-corrected chi connectivity index (χ1v) is 4.96. The SMILES string of the molecule is C=C(C)C(=O)OC(C)C1(CC)COC1.